The van der Waals surface area contributed by atoms with E-state index in [1.54, 1.807) is 7.11 Å². The van der Waals surface area contributed by atoms with Gasteiger partial charge in [-0.25, -0.2) is 4.98 Å². The minimum atomic E-state index is 0.549. The maximum atomic E-state index is 6.40. The molecule has 3 nitrogen and oxygen atoms in total. The number of methoxy groups -OCH3 is 1. The lowest BCUT2D eigenvalue weighted by molar-refractivity contribution is 0.318. The molecule has 124 valence electrons. The van der Waals surface area contributed by atoms with E-state index in [0.717, 1.165) is 35.3 Å². The number of aryl methyl sites for hydroxylation is 1. The van der Waals surface area contributed by atoms with Gasteiger partial charge in [0.1, 0.15) is 10.9 Å². The van der Waals surface area contributed by atoms with Crippen molar-refractivity contribution >= 4 is 22.5 Å². The maximum absolute atomic E-state index is 6.40. The van der Waals surface area contributed by atoms with Gasteiger partial charge in [-0.2, -0.15) is 0 Å². The number of halogens is 1. The van der Waals surface area contributed by atoms with Gasteiger partial charge in [0.05, 0.1) is 12.6 Å². The molecule has 0 radical (unpaired) electrons. The minimum Gasteiger partial charge on any atom is -0.497 e. The Morgan fingerprint density at radius 1 is 1.04 bits per heavy atom. The van der Waals surface area contributed by atoms with Crippen molar-refractivity contribution in [3.05, 3.63) is 70.4 Å². The molecule has 24 heavy (non-hydrogen) atoms. The van der Waals surface area contributed by atoms with Crippen LogP contribution in [0.2, 0.25) is 5.15 Å². The van der Waals surface area contributed by atoms with Crippen LogP contribution < -0.4 is 4.74 Å². The highest BCUT2D eigenvalue weighted by Gasteiger charge is 2.10. The summed E-state index contributed by atoms with van der Waals surface area (Å²) in [6.07, 6.45) is 0. The zero-order valence-corrected chi connectivity index (χ0v) is 15.0. The zero-order valence-electron chi connectivity index (χ0n) is 14.2. The fraction of sp³-hybridized carbons (Fsp3) is 0.250. The number of hydrogen-bond donors (Lipinski definition) is 0. The van der Waals surface area contributed by atoms with Crippen LogP contribution in [0.15, 0.2) is 48.5 Å². The quantitative estimate of drug-likeness (QED) is 0.621. The molecule has 0 aliphatic carbocycles. The molecule has 3 rings (SSSR count). The number of benzene rings is 2. The van der Waals surface area contributed by atoms with Crippen molar-refractivity contribution < 1.29 is 4.74 Å². The molecule has 0 aliphatic rings. The fourth-order valence-electron chi connectivity index (χ4n) is 2.83. The molecule has 0 N–H and O–H groups in total. The molecule has 0 spiro atoms. The van der Waals surface area contributed by atoms with Crippen molar-refractivity contribution in [1.82, 2.24) is 9.88 Å². The number of hydrogen-bond acceptors (Lipinski definition) is 3. The summed E-state index contributed by atoms with van der Waals surface area (Å²) in [5.74, 6) is 0.787. The van der Waals surface area contributed by atoms with Crippen LogP contribution in [0.4, 0.5) is 0 Å². The molecule has 1 aromatic heterocycles. The monoisotopic (exact) mass is 340 g/mol. The smallest absolute Gasteiger partial charge is 0.134 e. The van der Waals surface area contributed by atoms with E-state index in [4.69, 9.17) is 16.3 Å². The number of ether oxygens (including phenoxy) is 1. The highest BCUT2D eigenvalue weighted by Crippen LogP contribution is 2.25. The molecule has 0 bridgehead atoms. The van der Waals surface area contributed by atoms with Gasteiger partial charge in [-0.05, 0) is 43.3 Å². The lowest BCUT2D eigenvalue weighted by Crippen LogP contribution is -2.18. The standard InChI is InChI=1S/C20H21ClN2O/c1-14-6-4-5-7-16(14)12-23(2)13-17-10-15-8-9-18(24-3)11-19(15)22-20(17)21/h4-11H,12-13H2,1-3H3. The molecule has 1 heterocycles. The molecule has 3 aromatic rings. The third-order valence-corrected chi connectivity index (χ3v) is 4.52. The summed E-state index contributed by atoms with van der Waals surface area (Å²) in [7, 11) is 3.75. The van der Waals surface area contributed by atoms with Crippen molar-refractivity contribution in [3.8, 4) is 5.75 Å². The van der Waals surface area contributed by atoms with Crippen LogP contribution in [-0.2, 0) is 13.1 Å². The average Bonchev–Trinajstić information content (AvgIpc) is 2.57. The first kappa shape index (κ1) is 16.7. The van der Waals surface area contributed by atoms with Gasteiger partial charge in [-0.3, -0.25) is 4.90 Å². The van der Waals surface area contributed by atoms with E-state index in [1.807, 2.05) is 18.2 Å². The zero-order chi connectivity index (χ0) is 17.1. The first-order valence-electron chi connectivity index (χ1n) is 7.93. The van der Waals surface area contributed by atoms with Crippen LogP contribution >= 0.6 is 11.6 Å². The Labute approximate surface area is 147 Å². The van der Waals surface area contributed by atoms with Crippen LogP contribution in [0.3, 0.4) is 0 Å². The van der Waals surface area contributed by atoms with Crippen molar-refractivity contribution in [1.29, 1.82) is 0 Å². The van der Waals surface area contributed by atoms with Gasteiger partial charge < -0.3 is 4.74 Å². The minimum absolute atomic E-state index is 0.549. The lowest BCUT2D eigenvalue weighted by atomic mass is 10.1. The molecule has 2 aromatic carbocycles. The largest absolute Gasteiger partial charge is 0.497 e. The second-order valence-corrected chi connectivity index (χ2v) is 6.45. The molecule has 0 fully saturated rings. The van der Waals surface area contributed by atoms with E-state index in [1.165, 1.54) is 11.1 Å². The Hall–Kier alpha value is -2.10. The van der Waals surface area contributed by atoms with E-state index in [0.29, 0.717) is 5.15 Å². The van der Waals surface area contributed by atoms with Crippen LogP contribution in [0.5, 0.6) is 5.75 Å². The number of rotatable bonds is 5. The third-order valence-electron chi connectivity index (χ3n) is 4.19. The highest BCUT2D eigenvalue weighted by atomic mass is 35.5. The van der Waals surface area contributed by atoms with Crippen LogP contribution in [0.25, 0.3) is 10.9 Å². The third kappa shape index (κ3) is 3.69. The van der Waals surface area contributed by atoms with E-state index in [2.05, 4.69) is 54.2 Å². The predicted octanol–water partition coefficient (Wildman–Crippen LogP) is 4.84. The van der Waals surface area contributed by atoms with Gasteiger partial charge in [-0.1, -0.05) is 35.9 Å². The molecule has 0 saturated heterocycles. The molecule has 0 aliphatic heterocycles. The van der Waals surface area contributed by atoms with Crippen LogP contribution in [0, 0.1) is 6.92 Å². The summed E-state index contributed by atoms with van der Waals surface area (Å²) in [5.41, 5.74) is 4.52. The van der Waals surface area contributed by atoms with Crippen molar-refractivity contribution in [3.63, 3.8) is 0 Å². The maximum Gasteiger partial charge on any atom is 0.134 e. The Morgan fingerprint density at radius 3 is 2.54 bits per heavy atom. The van der Waals surface area contributed by atoms with E-state index in [9.17, 15) is 0 Å². The lowest BCUT2D eigenvalue weighted by Gasteiger charge is -2.19. The number of pyridine rings is 1. The van der Waals surface area contributed by atoms with Gasteiger partial charge in [0.15, 0.2) is 0 Å². The van der Waals surface area contributed by atoms with Gasteiger partial charge in [-0.15, -0.1) is 0 Å². The summed E-state index contributed by atoms with van der Waals surface area (Å²) in [4.78, 5) is 6.77. The summed E-state index contributed by atoms with van der Waals surface area (Å²) < 4.78 is 5.24. The van der Waals surface area contributed by atoms with Gasteiger partial charge >= 0.3 is 0 Å². The van der Waals surface area contributed by atoms with Gasteiger partial charge in [0.25, 0.3) is 0 Å². The second kappa shape index (κ2) is 7.20. The van der Waals surface area contributed by atoms with Crippen molar-refractivity contribution in [2.24, 2.45) is 0 Å². The second-order valence-electron chi connectivity index (χ2n) is 6.10. The fourth-order valence-corrected chi connectivity index (χ4v) is 3.04. The summed E-state index contributed by atoms with van der Waals surface area (Å²) >= 11 is 6.40. The molecule has 4 heteroatoms. The predicted molar refractivity (Wildman–Crippen MR) is 99.7 cm³/mol. The van der Waals surface area contributed by atoms with Crippen molar-refractivity contribution in [2.75, 3.05) is 14.2 Å². The molecule has 0 unspecified atom stereocenters. The highest BCUT2D eigenvalue weighted by molar-refractivity contribution is 6.30. The topological polar surface area (TPSA) is 25.4 Å². The number of fused-ring (bicyclic) bond motifs is 1. The summed E-state index contributed by atoms with van der Waals surface area (Å²) in [6.45, 7) is 3.77. The Kier molecular flexibility index (Phi) is 5.03. The van der Waals surface area contributed by atoms with Crippen molar-refractivity contribution in [2.45, 2.75) is 20.0 Å². The first-order chi connectivity index (χ1) is 11.6. The van der Waals surface area contributed by atoms with Gasteiger partial charge in [0, 0.05) is 30.1 Å². The van der Waals surface area contributed by atoms with E-state index >= 15 is 0 Å². The summed E-state index contributed by atoms with van der Waals surface area (Å²) in [6, 6.07) is 16.4. The number of aromatic nitrogens is 1. The molecule has 0 amide bonds. The van der Waals surface area contributed by atoms with Gasteiger partial charge in [0.2, 0.25) is 0 Å². The Morgan fingerprint density at radius 2 is 1.79 bits per heavy atom. The molecular formula is C20H21ClN2O. The summed E-state index contributed by atoms with van der Waals surface area (Å²) in [5, 5.41) is 1.62. The molecule has 0 saturated carbocycles. The Balaban J connectivity index is 1.81. The van der Waals surface area contributed by atoms with Crippen LogP contribution in [0.1, 0.15) is 16.7 Å². The Bertz CT molecular complexity index is 863. The molecule has 0 atom stereocenters. The normalized spacial score (nSPS) is 11.2. The van der Waals surface area contributed by atoms with Crippen LogP contribution in [-0.4, -0.2) is 24.0 Å². The first-order valence-corrected chi connectivity index (χ1v) is 8.31. The number of nitrogens with zero attached hydrogens (tertiary/aromatic N) is 2. The van der Waals surface area contributed by atoms with E-state index in [-0.39, 0.29) is 0 Å². The SMILES string of the molecule is COc1ccc2cc(CN(C)Cc3ccccc3C)c(Cl)nc2c1. The molecular weight excluding hydrogens is 320 g/mol. The average molecular weight is 341 g/mol. The van der Waals surface area contributed by atoms with E-state index < -0.39 is 0 Å².